The molecule has 2 unspecified atom stereocenters. The maximum atomic E-state index is 12.2. The van der Waals surface area contributed by atoms with Crippen LogP contribution in [0.25, 0.3) is 0 Å². The molecule has 1 heteroatoms. The first-order valence-electron chi connectivity index (χ1n) is 7.44. The number of rotatable bonds is 3. The second kappa shape index (κ2) is 6.04. The molecule has 2 aromatic rings. The van der Waals surface area contributed by atoms with Gasteiger partial charge >= 0.3 is 0 Å². The Balaban J connectivity index is 1.72. The number of carbonyl (C=O) groups excluding carboxylic acids is 1. The van der Waals surface area contributed by atoms with Crippen molar-refractivity contribution < 1.29 is 4.79 Å². The molecule has 0 aliphatic heterocycles. The van der Waals surface area contributed by atoms with Gasteiger partial charge in [0.2, 0.25) is 0 Å². The SMILES string of the molecule is O=C1CCC(c2ccccc2)CC1Cc1ccccc1. The Labute approximate surface area is 120 Å². The topological polar surface area (TPSA) is 17.1 Å². The van der Waals surface area contributed by atoms with Crippen LogP contribution in [0.4, 0.5) is 0 Å². The van der Waals surface area contributed by atoms with Gasteiger partial charge in [0, 0.05) is 12.3 Å². The van der Waals surface area contributed by atoms with Crippen LogP contribution in [0.15, 0.2) is 60.7 Å². The van der Waals surface area contributed by atoms with Crippen LogP contribution in [0.2, 0.25) is 0 Å². The van der Waals surface area contributed by atoms with Crippen LogP contribution >= 0.6 is 0 Å². The highest BCUT2D eigenvalue weighted by Crippen LogP contribution is 2.35. The fourth-order valence-corrected chi connectivity index (χ4v) is 3.24. The monoisotopic (exact) mass is 264 g/mol. The van der Waals surface area contributed by atoms with Gasteiger partial charge in [0.1, 0.15) is 5.78 Å². The summed E-state index contributed by atoms with van der Waals surface area (Å²) in [6.07, 6.45) is 3.63. The van der Waals surface area contributed by atoms with Crippen LogP contribution < -0.4 is 0 Å². The van der Waals surface area contributed by atoms with Crippen molar-refractivity contribution in [1.29, 1.82) is 0 Å². The van der Waals surface area contributed by atoms with Crippen molar-refractivity contribution in [3.63, 3.8) is 0 Å². The third-order valence-corrected chi connectivity index (χ3v) is 4.36. The second-order valence-corrected chi connectivity index (χ2v) is 5.73. The number of Topliss-reactive ketones (excluding diaryl/α,β-unsaturated/α-hetero) is 1. The molecule has 1 fully saturated rings. The zero-order chi connectivity index (χ0) is 13.8. The lowest BCUT2D eigenvalue weighted by Gasteiger charge is -2.28. The maximum absolute atomic E-state index is 12.2. The zero-order valence-electron chi connectivity index (χ0n) is 11.7. The summed E-state index contributed by atoms with van der Waals surface area (Å²) in [6.45, 7) is 0. The fourth-order valence-electron chi connectivity index (χ4n) is 3.24. The highest BCUT2D eigenvalue weighted by atomic mass is 16.1. The maximum Gasteiger partial charge on any atom is 0.136 e. The first-order valence-corrected chi connectivity index (χ1v) is 7.44. The molecular weight excluding hydrogens is 244 g/mol. The van der Waals surface area contributed by atoms with E-state index in [2.05, 4.69) is 54.6 Å². The molecule has 1 nitrogen and oxygen atoms in total. The van der Waals surface area contributed by atoms with Crippen molar-refractivity contribution >= 4 is 5.78 Å². The molecule has 0 amide bonds. The molecule has 2 aromatic carbocycles. The summed E-state index contributed by atoms with van der Waals surface area (Å²) in [6, 6.07) is 21.0. The van der Waals surface area contributed by atoms with Crippen molar-refractivity contribution in [2.45, 2.75) is 31.6 Å². The predicted molar refractivity (Wildman–Crippen MR) is 81.7 cm³/mol. The Morgan fingerprint density at radius 1 is 0.900 bits per heavy atom. The third kappa shape index (κ3) is 2.98. The van der Waals surface area contributed by atoms with E-state index >= 15 is 0 Å². The lowest BCUT2D eigenvalue weighted by atomic mass is 9.75. The highest BCUT2D eigenvalue weighted by Gasteiger charge is 2.29. The number of hydrogen-bond acceptors (Lipinski definition) is 1. The molecule has 1 aliphatic rings. The zero-order valence-corrected chi connectivity index (χ0v) is 11.7. The standard InChI is InChI=1S/C19H20O/c20-19-12-11-17(16-9-5-2-6-10-16)14-18(19)13-15-7-3-1-4-8-15/h1-10,17-18H,11-14H2. The van der Waals surface area contributed by atoms with Gasteiger partial charge < -0.3 is 0 Å². The lowest BCUT2D eigenvalue weighted by molar-refractivity contribution is -0.124. The molecule has 2 atom stereocenters. The summed E-state index contributed by atoms with van der Waals surface area (Å²) in [5, 5.41) is 0. The van der Waals surface area contributed by atoms with E-state index in [1.165, 1.54) is 11.1 Å². The third-order valence-electron chi connectivity index (χ3n) is 4.36. The quantitative estimate of drug-likeness (QED) is 0.804. The van der Waals surface area contributed by atoms with Gasteiger partial charge in [-0.1, -0.05) is 60.7 Å². The molecule has 1 saturated carbocycles. The summed E-state index contributed by atoms with van der Waals surface area (Å²) in [5.74, 6) is 1.18. The number of ketones is 1. The van der Waals surface area contributed by atoms with Gasteiger partial charge in [-0.2, -0.15) is 0 Å². The first kappa shape index (κ1) is 13.1. The molecule has 0 bridgehead atoms. The molecule has 0 spiro atoms. The van der Waals surface area contributed by atoms with E-state index in [0.717, 1.165) is 25.7 Å². The minimum absolute atomic E-state index is 0.191. The minimum atomic E-state index is 0.191. The molecule has 0 heterocycles. The van der Waals surface area contributed by atoms with Crippen molar-refractivity contribution in [3.05, 3.63) is 71.8 Å². The Hall–Kier alpha value is -1.89. The summed E-state index contributed by atoms with van der Waals surface area (Å²) in [5.41, 5.74) is 2.66. The predicted octanol–water partition coefficient (Wildman–Crippen LogP) is 4.38. The Kier molecular flexibility index (Phi) is 3.96. The molecule has 0 aromatic heterocycles. The summed E-state index contributed by atoms with van der Waals surface area (Å²) < 4.78 is 0. The van der Waals surface area contributed by atoms with E-state index in [4.69, 9.17) is 0 Å². The molecule has 1 aliphatic carbocycles. The van der Waals surface area contributed by atoms with E-state index in [9.17, 15) is 4.79 Å². The number of carbonyl (C=O) groups is 1. The van der Waals surface area contributed by atoms with Crippen LogP contribution in [0.1, 0.15) is 36.3 Å². The molecule has 0 radical (unpaired) electrons. The number of hydrogen-bond donors (Lipinski definition) is 0. The van der Waals surface area contributed by atoms with Crippen LogP contribution in [0, 0.1) is 5.92 Å². The van der Waals surface area contributed by atoms with Crippen LogP contribution in [-0.4, -0.2) is 5.78 Å². The summed E-state index contributed by atoms with van der Waals surface area (Å²) >= 11 is 0. The average Bonchev–Trinajstić information content (AvgIpc) is 2.51. The Morgan fingerprint density at radius 3 is 2.25 bits per heavy atom. The minimum Gasteiger partial charge on any atom is -0.299 e. The molecule has 3 rings (SSSR count). The molecule has 0 saturated heterocycles. The smallest absolute Gasteiger partial charge is 0.136 e. The Bertz CT molecular complexity index is 559. The lowest BCUT2D eigenvalue weighted by Crippen LogP contribution is -2.25. The van der Waals surface area contributed by atoms with Crippen molar-refractivity contribution in [2.75, 3.05) is 0 Å². The van der Waals surface area contributed by atoms with E-state index in [0.29, 0.717) is 11.7 Å². The van der Waals surface area contributed by atoms with Crippen LogP contribution in [0.3, 0.4) is 0 Å². The van der Waals surface area contributed by atoms with Gasteiger partial charge in [0.25, 0.3) is 0 Å². The van der Waals surface area contributed by atoms with Crippen LogP contribution in [-0.2, 0) is 11.2 Å². The second-order valence-electron chi connectivity index (χ2n) is 5.73. The molecular formula is C19H20O. The van der Waals surface area contributed by atoms with Gasteiger partial charge in [0.15, 0.2) is 0 Å². The number of benzene rings is 2. The van der Waals surface area contributed by atoms with E-state index in [-0.39, 0.29) is 5.92 Å². The van der Waals surface area contributed by atoms with Crippen LogP contribution in [0.5, 0.6) is 0 Å². The Morgan fingerprint density at radius 2 is 1.55 bits per heavy atom. The van der Waals surface area contributed by atoms with E-state index in [1.807, 2.05) is 6.07 Å². The molecule has 20 heavy (non-hydrogen) atoms. The normalized spacial score (nSPS) is 22.7. The summed E-state index contributed by atoms with van der Waals surface area (Å²) in [4.78, 5) is 12.2. The highest BCUT2D eigenvalue weighted by molar-refractivity contribution is 5.82. The van der Waals surface area contributed by atoms with Gasteiger partial charge in [-0.3, -0.25) is 4.79 Å². The van der Waals surface area contributed by atoms with Crippen molar-refractivity contribution in [1.82, 2.24) is 0 Å². The fraction of sp³-hybridized carbons (Fsp3) is 0.316. The van der Waals surface area contributed by atoms with Gasteiger partial charge in [-0.05, 0) is 36.3 Å². The molecule has 102 valence electrons. The average molecular weight is 264 g/mol. The van der Waals surface area contributed by atoms with Gasteiger partial charge in [0.05, 0.1) is 0 Å². The van der Waals surface area contributed by atoms with Crippen molar-refractivity contribution in [2.24, 2.45) is 5.92 Å². The van der Waals surface area contributed by atoms with E-state index < -0.39 is 0 Å². The first-order chi connectivity index (χ1) is 9.83. The van der Waals surface area contributed by atoms with Crippen molar-refractivity contribution in [3.8, 4) is 0 Å². The largest absolute Gasteiger partial charge is 0.299 e. The summed E-state index contributed by atoms with van der Waals surface area (Å²) in [7, 11) is 0. The van der Waals surface area contributed by atoms with Gasteiger partial charge in [-0.15, -0.1) is 0 Å². The molecule has 0 N–H and O–H groups in total. The van der Waals surface area contributed by atoms with Gasteiger partial charge in [-0.25, -0.2) is 0 Å². The van der Waals surface area contributed by atoms with E-state index in [1.54, 1.807) is 0 Å².